The van der Waals surface area contributed by atoms with Crippen LogP contribution in [0.25, 0.3) is 0 Å². The third-order valence-corrected chi connectivity index (χ3v) is 3.24. The minimum absolute atomic E-state index is 0.0252. The monoisotopic (exact) mass is 154 g/mol. The zero-order valence-corrected chi connectivity index (χ0v) is 6.88. The van der Waals surface area contributed by atoms with E-state index < -0.39 is 0 Å². The van der Waals surface area contributed by atoms with E-state index in [0.717, 1.165) is 12.3 Å². The molecule has 2 saturated carbocycles. The van der Waals surface area contributed by atoms with E-state index in [0.29, 0.717) is 5.92 Å². The zero-order valence-electron chi connectivity index (χ0n) is 6.88. The molecule has 11 heavy (non-hydrogen) atoms. The van der Waals surface area contributed by atoms with E-state index in [4.69, 9.17) is 4.74 Å². The maximum Gasteiger partial charge on any atom is 0.308 e. The molecule has 62 valence electrons. The van der Waals surface area contributed by atoms with Crippen molar-refractivity contribution < 1.29 is 9.53 Å². The van der Waals surface area contributed by atoms with Crippen molar-refractivity contribution in [2.24, 2.45) is 17.8 Å². The van der Waals surface area contributed by atoms with Gasteiger partial charge in [0.25, 0.3) is 0 Å². The molecule has 2 rings (SSSR count). The Morgan fingerprint density at radius 1 is 1.36 bits per heavy atom. The lowest BCUT2D eigenvalue weighted by Crippen LogP contribution is -2.21. The fourth-order valence-corrected chi connectivity index (χ4v) is 2.68. The minimum atomic E-state index is 0.0252. The Morgan fingerprint density at radius 3 is 2.64 bits per heavy atom. The van der Waals surface area contributed by atoms with Gasteiger partial charge in [0.15, 0.2) is 0 Å². The van der Waals surface area contributed by atoms with Crippen LogP contribution in [0.4, 0.5) is 0 Å². The van der Waals surface area contributed by atoms with Gasteiger partial charge < -0.3 is 4.74 Å². The molecule has 0 N–H and O–H groups in total. The highest BCUT2D eigenvalue weighted by atomic mass is 16.5. The summed E-state index contributed by atoms with van der Waals surface area (Å²) in [5, 5.41) is 0. The lowest BCUT2D eigenvalue weighted by atomic mass is 9.89. The van der Waals surface area contributed by atoms with Crippen LogP contribution >= 0.6 is 0 Å². The van der Waals surface area contributed by atoms with E-state index in [1.54, 1.807) is 0 Å². The number of hydrogen-bond donors (Lipinski definition) is 0. The molecule has 0 radical (unpaired) electrons. The smallest absolute Gasteiger partial charge is 0.308 e. The number of carbonyl (C=O) groups excluding carboxylic acids is 1. The van der Waals surface area contributed by atoms with Crippen LogP contribution in [0.15, 0.2) is 0 Å². The maximum absolute atomic E-state index is 11.2. The molecule has 2 aliphatic carbocycles. The highest BCUT2D eigenvalue weighted by molar-refractivity contribution is 5.73. The highest BCUT2D eigenvalue weighted by Crippen LogP contribution is 2.48. The largest absolute Gasteiger partial charge is 0.469 e. The first-order valence-corrected chi connectivity index (χ1v) is 4.39. The van der Waals surface area contributed by atoms with E-state index >= 15 is 0 Å². The van der Waals surface area contributed by atoms with Crippen LogP contribution in [0.1, 0.15) is 25.7 Å². The Labute approximate surface area is 66.9 Å². The Bertz CT molecular complexity index is 176. The van der Waals surface area contributed by atoms with Crippen molar-refractivity contribution in [2.45, 2.75) is 25.7 Å². The van der Waals surface area contributed by atoms with Crippen LogP contribution in [-0.2, 0) is 9.53 Å². The van der Waals surface area contributed by atoms with E-state index in [9.17, 15) is 4.79 Å². The second-order valence-electron chi connectivity index (χ2n) is 3.80. The molecular weight excluding hydrogens is 140 g/mol. The molecule has 0 aromatic carbocycles. The standard InChI is InChI=1S/C9H14O2/c1-11-9(10)8-5-6-2-3-7(8)4-6/h6-8H,2-5H2,1H3/t6-,7-,8+/m0/s1. The lowest BCUT2D eigenvalue weighted by Gasteiger charge is -2.18. The summed E-state index contributed by atoms with van der Waals surface area (Å²) < 4.78 is 4.75. The molecule has 2 fully saturated rings. The molecule has 0 aromatic rings. The molecule has 0 spiro atoms. The Balaban J connectivity index is 2.02. The Morgan fingerprint density at radius 2 is 2.18 bits per heavy atom. The van der Waals surface area contributed by atoms with Gasteiger partial charge in [-0.25, -0.2) is 0 Å². The van der Waals surface area contributed by atoms with E-state index in [1.807, 2.05) is 0 Å². The summed E-state index contributed by atoms with van der Waals surface area (Å²) in [6, 6.07) is 0. The number of hydrogen-bond acceptors (Lipinski definition) is 2. The van der Waals surface area contributed by atoms with Crippen LogP contribution in [0.2, 0.25) is 0 Å². The van der Waals surface area contributed by atoms with Crippen molar-refractivity contribution in [3.8, 4) is 0 Å². The van der Waals surface area contributed by atoms with E-state index in [2.05, 4.69) is 0 Å². The number of fused-ring (bicyclic) bond motifs is 2. The van der Waals surface area contributed by atoms with Crippen molar-refractivity contribution >= 4 is 5.97 Å². The van der Waals surface area contributed by atoms with Gasteiger partial charge in [0, 0.05) is 0 Å². The molecule has 0 saturated heterocycles. The Kier molecular flexibility index (Phi) is 1.63. The van der Waals surface area contributed by atoms with Gasteiger partial charge in [0.05, 0.1) is 13.0 Å². The van der Waals surface area contributed by atoms with Gasteiger partial charge in [0.2, 0.25) is 0 Å². The number of rotatable bonds is 1. The van der Waals surface area contributed by atoms with Crippen molar-refractivity contribution in [1.82, 2.24) is 0 Å². The third-order valence-electron chi connectivity index (χ3n) is 3.24. The number of esters is 1. The van der Waals surface area contributed by atoms with Crippen LogP contribution in [0.3, 0.4) is 0 Å². The molecule has 0 heterocycles. The van der Waals surface area contributed by atoms with Gasteiger partial charge in [-0.15, -0.1) is 0 Å². The van der Waals surface area contributed by atoms with Gasteiger partial charge in [-0.05, 0) is 31.1 Å². The van der Waals surface area contributed by atoms with Crippen molar-refractivity contribution in [1.29, 1.82) is 0 Å². The normalized spacial score (nSPS) is 41.0. The van der Waals surface area contributed by atoms with Crippen LogP contribution < -0.4 is 0 Å². The summed E-state index contributed by atoms with van der Waals surface area (Å²) >= 11 is 0. The molecule has 2 heteroatoms. The second-order valence-corrected chi connectivity index (χ2v) is 3.80. The first-order valence-electron chi connectivity index (χ1n) is 4.39. The van der Waals surface area contributed by atoms with Crippen LogP contribution in [0, 0.1) is 17.8 Å². The molecule has 0 aromatic heterocycles. The summed E-state index contributed by atoms with van der Waals surface area (Å²) in [6.45, 7) is 0. The fourth-order valence-electron chi connectivity index (χ4n) is 2.68. The Hall–Kier alpha value is -0.530. The number of ether oxygens (including phenoxy) is 1. The van der Waals surface area contributed by atoms with Gasteiger partial charge in [-0.3, -0.25) is 4.79 Å². The van der Waals surface area contributed by atoms with E-state index in [-0.39, 0.29) is 11.9 Å². The summed E-state index contributed by atoms with van der Waals surface area (Å²) in [7, 11) is 1.49. The average molecular weight is 154 g/mol. The molecule has 0 aliphatic heterocycles. The van der Waals surface area contributed by atoms with E-state index in [1.165, 1.54) is 26.4 Å². The van der Waals surface area contributed by atoms with Crippen molar-refractivity contribution in [3.63, 3.8) is 0 Å². The van der Waals surface area contributed by atoms with Crippen molar-refractivity contribution in [2.75, 3.05) is 7.11 Å². The molecule has 2 aliphatic rings. The average Bonchev–Trinajstić information content (AvgIpc) is 2.62. The topological polar surface area (TPSA) is 26.3 Å². The predicted octanol–water partition coefficient (Wildman–Crippen LogP) is 1.60. The first-order chi connectivity index (χ1) is 5.31. The first kappa shape index (κ1) is 7.14. The van der Waals surface area contributed by atoms with Crippen molar-refractivity contribution in [3.05, 3.63) is 0 Å². The number of carbonyl (C=O) groups is 1. The predicted molar refractivity (Wildman–Crippen MR) is 41.0 cm³/mol. The molecule has 0 unspecified atom stereocenters. The summed E-state index contributed by atoms with van der Waals surface area (Å²) in [6.07, 6.45) is 4.97. The second kappa shape index (κ2) is 2.50. The van der Waals surface area contributed by atoms with Gasteiger partial charge in [0.1, 0.15) is 0 Å². The molecule has 2 bridgehead atoms. The molecule has 3 atom stereocenters. The molecule has 2 nitrogen and oxygen atoms in total. The third kappa shape index (κ3) is 1.05. The van der Waals surface area contributed by atoms with Gasteiger partial charge in [-0.1, -0.05) is 6.42 Å². The van der Waals surface area contributed by atoms with Crippen LogP contribution in [0.5, 0.6) is 0 Å². The van der Waals surface area contributed by atoms with Gasteiger partial charge in [-0.2, -0.15) is 0 Å². The highest BCUT2D eigenvalue weighted by Gasteiger charge is 2.43. The van der Waals surface area contributed by atoms with Gasteiger partial charge >= 0.3 is 5.97 Å². The lowest BCUT2D eigenvalue weighted by molar-refractivity contribution is -0.147. The fraction of sp³-hybridized carbons (Fsp3) is 0.889. The summed E-state index contributed by atoms with van der Waals surface area (Å²) in [4.78, 5) is 11.2. The number of methoxy groups -OCH3 is 1. The molecular formula is C9H14O2. The molecule has 0 amide bonds. The summed E-state index contributed by atoms with van der Waals surface area (Å²) in [5.41, 5.74) is 0. The summed E-state index contributed by atoms with van der Waals surface area (Å²) in [5.74, 6) is 1.77. The SMILES string of the molecule is COC(=O)[C@@H]1C[C@H]2CC[C@H]1C2. The van der Waals surface area contributed by atoms with Crippen LogP contribution in [-0.4, -0.2) is 13.1 Å². The zero-order chi connectivity index (χ0) is 7.84. The quantitative estimate of drug-likeness (QED) is 0.536. The maximum atomic E-state index is 11.2. The minimum Gasteiger partial charge on any atom is -0.469 e.